The molecule has 1 aromatic heterocycles. The average Bonchev–Trinajstić information content (AvgIpc) is 3.05. The first kappa shape index (κ1) is 15.6. The van der Waals surface area contributed by atoms with Crippen LogP contribution in [0.1, 0.15) is 37.2 Å². The second-order valence-electron chi connectivity index (χ2n) is 5.65. The van der Waals surface area contributed by atoms with Crippen molar-refractivity contribution in [2.75, 3.05) is 26.2 Å². The van der Waals surface area contributed by atoms with Crippen LogP contribution in [0.15, 0.2) is 16.7 Å². The molecule has 0 saturated carbocycles. The van der Waals surface area contributed by atoms with Crippen LogP contribution >= 0.6 is 15.9 Å². The van der Waals surface area contributed by atoms with Crippen molar-refractivity contribution in [2.24, 2.45) is 5.92 Å². The highest BCUT2D eigenvalue weighted by Crippen LogP contribution is 2.15. The molecule has 20 heavy (non-hydrogen) atoms. The third-order valence-corrected chi connectivity index (χ3v) is 4.25. The van der Waals surface area contributed by atoms with Crippen molar-refractivity contribution in [2.45, 2.75) is 33.2 Å². The third kappa shape index (κ3) is 4.09. The van der Waals surface area contributed by atoms with E-state index in [0.717, 1.165) is 29.8 Å². The first-order valence-electron chi connectivity index (χ1n) is 7.46. The predicted octanol–water partition coefficient (Wildman–Crippen LogP) is 2.73. The summed E-state index contributed by atoms with van der Waals surface area (Å²) in [4.78, 5) is 14.7. The first-order chi connectivity index (χ1) is 9.60. The van der Waals surface area contributed by atoms with Crippen molar-refractivity contribution >= 4 is 21.8 Å². The molecular weight excluding hydrogens is 318 g/mol. The lowest BCUT2D eigenvalue weighted by molar-refractivity contribution is 0.0936. The van der Waals surface area contributed by atoms with E-state index in [-0.39, 0.29) is 5.91 Å². The van der Waals surface area contributed by atoms with Crippen LogP contribution in [0.4, 0.5) is 0 Å². The number of carbonyl (C=O) groups excluding carboxylic acids is 1. The van der Waals surface area contributed by atoms with Crippen molar-refractivity contribution in [3.8, 4) is 0 Å². The van der Waals surface area contributed by atoms with Crippen molar-refractivity contribution in [1.82, 2.24) is 14.8 Å². The molecule has 0 radical (unpaired) electrons. The number of likely N-dealkylation sites (tertiary alicyclic amines) is 1. The maximum absolute atomic E-state index is 12.2. The minimum absolute atomic E-state index is 0.0193. The highest BCUT2D eigenvalue weighted by molar-refractivity contribution is 9.10. The number of aryl methyl sites for hydroxylation is 1. The Morgan fingerprint density at radius 1 is 1.45 bits per heavy atom. The molecule has 0 aromatic carbocycles. The van der Waals surface area contributed by atoms with Crippen molar-refractivity contribution in [1.29, 1.82) is 0 Å². The standard InChI is InChI=1S/C15H24BrN3O/c1-3-19-11-13(16)8-14(19)15(20)17-9-12(2)10-18-6-4-5-7-18/h8,11-12H,3-7,9-10H2,1-2H3,(H,17,20). The molecule has 1 fully saturated rings. The van der Waals surface area contributed by atoms with Gasteiger partial charge in [-0.15, -0.1) is 0 Å². The number of hydrogen-bond acceptors (Lipinski definition) is 2. The summed E-state index contributed by atoms with van der Waals surface area (Å²) in [5, 5.41) is 3.05. The Kier molecular flexibility index (Phi) is 5.66. The first-order valence-corrected chi connectivity index (χ1v) is 8.25. The van der Waals surface area contributed by atoms with Crippen LogP contribution < -0.4 is 5.32 Å². The normalized spacial score (nSPS) is 17.4. The van der Waals surface area contributed by atoms with Crippen LogP contribution in [-0.2, 0) is 6.54 Å². The summed E-state index contributed by atoms with van der Waals surface area (Å²) in [5.74, 6) is 0.511. The van der Waals surface area contributed by atoms with Gasteiger partial charge in [-0.25, -0.2) is 0 Å². The van der Waals surface area contributed by atoms with Crippen LogP contribution in [0.25, 0.3) is 0 Å². The lowest BCUT2D eigenvalue weighted by Crippen LogP contribution is -2.35. The fraction of sp³-hybridized carbons (Fsp3) is 0.667. The Hall–Kier alpha value is -0.810. The molecule has 112 valence electrons. The molecule has 2 heterocycles. The summed E-state index contributed by atoms with van der Waals surface area (Å²) < 4.78 is 2.92. The third-order valence-electron chi connectivity index (χ3n) is 3.82. The summed E-state index contributed by atoms with van der Waals surface area (Å²) in [6, 6.07) is 1.88. The lowest BCUT2D eigenvalue weighted by Gasteiger charge is -2.20. The molecule has 0 bridgehead atoms. The topological polar surface area (TPSA) is 37.3 Å². The van der Waals surface area contributed by atoms with Gasteiger partial charge in [-0.3, -0.25) is 4.79 Å². The SMILES string of the molecule is CCn1cc(Br)cc1C(=O)NCC(C)CN1CCCC1. The van der Waals surface area contributed by atoms with Crippen molar-refractivity contribution in [3.63, 3.8) is 0 Å². The quantitative estimate of drug-likeness (QED) is 0.863. The molecule has 1 aliphatic rings. The molecule has 1 N–H and O–H groups in total. The van der Waals surface area contributed by atoms with Gasteiger partial charge >= 0.3 is 0 Å². The molecule has 1 saturated heterocycles. The number of aromatic nitrogens is 1. The van der Waals surface area contributed by atoms with Gasteiger partial charge in [0.1, 0.15) is 5.69 Å². The minimum atomic E-state index is 0.0193. The van der Waals surface area contributed by atoms with Crippen LogP contribution in [0, 0.1) is 5.92 Å². The van der Waals surface area contributed by atoms with E-state index in [1.807, 2.05) is 23.8 Å². The fourth-order valence-electron chi connectivity index (χ4n) is 2.75. The number of hydrogen-bond donors (Lipinski definition) is 1. The maximum atomic E-state index is 12.2. The highest BCUT2D eigenvalue weighted by Gasteiger charge is 2.16. The zero-order valence-corrected chi connectivity index (χ0v) is 13.9. The van der Waals surface area contributed by atoms with Gasteiger partial charge in [-0.05, 0) is 60.8 Å². The second-order valence-corrected chi connectivity index (χ2v) is 6.57. The van der Waals surface area contributed by atoms with Gasteiger partial charge < -0.3 is 14.8 Å². The van der Waals surface area contributed by atoms with E-state index in [4.69, 9.17) is 0 Å². The van der Waals surface area contributed by atoms with Gasteiger partial charge in [0.2, 0.25) is 0 Å². The number of nitrogens with one attached hydrogen (secondary N) is 1. The lowest BCUT2D eigenvalue weighted by atomic mass is 10.1. The van der Waals surface area contributed by atoms with E-state index < -0.39 is 0 Å². The van der Waals surface area contributed by atoms with Crippen LogP contribution in [0.3, 0.4) is 0 Å². The number of carbonyl (C=O) groups is 1. The van der Waals surface area contributed by atoms with Crippen LogP contribution in [0.2, 0.25) is 0 Å². The number of halogens is 1. The summed E-state index contributed by atoms with van der Waals surface area (Å²) in [5.41, 5.74) is 0.729. The van der Waals surface area contributed by atoms with Gasteiger partial charge in [0.25, 0.3) is 5.91 Å². The Morgan fingerprint density at radius 3 is 2.80 bits per heavy atom. The molecule has 2 rings (SSSR count). The number of amides is 1. The van der Waals surface area contributed by atoms with E-state index in [2.05, 4.69) is 33.1 Å². The largest absolute Gasteiger partial charge is 0.350 e. The highest BCUT2D eigenvalue weighted by atomic mass is 79.9. The minimum Gasteiger partial charge on any atom is -0.350 e. The zero-order chi connectivity index (χ0) is 14.5. The Bertz CT molecular complexity index is 452. The van der Waals surface area contributed by atoms with Crippen molar-refractivity contribution in [3.05, 3.63) is 22.4 Å². The molecular formula is C15H24BrN3O. The monoisotopic (exact) mass is 341 g/mol. The van der Waals surface area contributed by atoms with E-state index in [1.165, 1.54) is 25.9 Å². The van der Waals surface area contributed by atoms with Gasteiger partial charge in [0.15, 0.2) is 0 Å². The smallest absolute Gasteiger partial charge is 0.267 e. The van der Waals surface area contributed by atoms with Crippen LogP contribution in [-0.4, -0.2) is 41.6 Å². The molecule has 1 atom stereocenters. The molecule has 4 nitrogen and oxygen atoms in total. The van der Waals surface area contributed by atoms with Gasteiger partial charge in [0.05, 0.1) is 0 Å². The average molecular weight is 342 g/mol. The van der Waals surface area contributed by atoms with Gasteiger partial charge in [0, 0.05) is 30.3 Å². The van der Waals surface area contributed by atoms with Gasteiger partial charge in [-0.1, -0.05) is 6.92 Å². The van der Waals surface area contributed by atoms with E-state index >= 15 is 0 Å². The molecule has 1 amide bonds. The Balaban J connectivity index is 1.81. The number of rotatable bonds is 6. The predicted molar refractivity (Wildman–Crippen MR) is 85.0 cm³/mol. The number of nitrogens with zero attached hydrogens (tertiary/aromatic N) is 2. The Morgan fingerprint density at radius 2 is 2.15 bits per heavy atom. The Labute approximate surface area is 129 Å². The summed E-state index contributed by atoms with van der Waals surface area (Å²) in [6.07, 6.45) is 4.58. The molecule has 1 aliphatic heterocycles. The van der Waals surface area contributed by atoms with Gasteiger partial charge in [-0.2, -0.15) is 0 Å². The summed E-state index contributed by atoms with van der Waals surface area (Å²) in [7, 11) is 0. The second kappa shape index (κ2) is 7.27. The maximum Gasteiger partial charge on any atom is 0.267 e. The van der Waals surface area contributed by atoms with E-state index in [0.29, 0.717) is 5.92 Å². The fourth-order valence-corrected chi connectivity index (χ4v) is 3.22. The zero-order valence-electron chi connectivity index (χ0n) is 12.4. The molecule has 0 aliphatic carbocycles. The van der Waals surface area contributed by atoms with Crippen molar-refractivity contribution < 1.29 is 4.79 Å². The van der Waals surface area contributed by atoms with E-state index in [9.17, 15) is 4.79 Å². The molecule has 5 heteroatoms. The summed E-state index contributed by atoms with van der Waals surface area (Å²) >= 11 is 3.42. The molecule has 0 spiro atoms. The summed E-state index contributed by atoms with van der Waals surface area (Å²) in [6.45, 7) is 9.29. The molecule has 1 aromatic rings. The molecule has 1 unspecified atom stereocenters. The van der Waals surface area contributed by atoms with Crippen LogP contribution in [0.5, 0.6) is 0 Å². The van der Waals surface area contributed by atoms with E-state index in [1.54, 1.807) is 0 Å².